The minimum Gasteiger partial charge on any atom is 0 e. The molecule has 0 saturated heterocycles. The van der Waals surface area contributed by atoms with Crippen LogP contribution >= 0.6 is 0 Å². The second-order valence-corrected chi connectivity index (χ2v) is 1.34. The number of rotatable bonds is 0. The van der Waals surface area contributed by atoms with Crippen LogP contribution in [0.1, 0.15) is 0 Å². The van der Waals surface area contributed by atoms with Crippen molar-refractivity contribution in [2.24, 2.45) is 0 Å². The second-order valence-electron chi connectivity index (χ2n) is 0.448. The summed E-state index contributed by atoms with van der Waals surface area (Å²) in [5.74, 6) is 0. The first kappa shape index (κ1) is 15.7. The van der Waals surface area contributed by atoms with Gasteiger partial charge in [-0.2, -0.15) is 8.42 Å². The third-order valence-electron chi connectivity index (χ3n) is 0. The maximum atomic E-state index is 8.74. The van der Waals surface area contributed by atoms with Crippen LogP contribution in [-0.2, 0) is 15.9 Å². The van der Waals surface area contributed by atoms with Gasteiger partial charge >= 0.3 is 40.0 Å². The van der Waals surface area contributed by atoms with E-state index in [-0.39, 0.29) is 35.0 Å². The summed E-state index contributed by atoms with van der Waals surface area (Å²) in [5.41, 5.74) is 0. The van der Waals surface area contributed by atoms with E-state index < -0.39 is 10.4 Å². The van der Waals surface area contributed by atoms with E-state index >= 15 is 0 Å². The van der Waals surface area contributed by atoms with Crippen molar-refractivity contribution in [1.82, 2.24) is 0 Å². The maximum absolute atomic E-state index is 8.74. The van der Waals surface area contributed by atoms with Gasteiger partial charge in [-0.25, -0.2) is 0 Å². The van der Waals surface area contributed by atoms with E-state index in [2.05, 4.69) is 0 Å². The number of hydrogen-bond donors (Lipinski definition) is 2. The largest absolute Gasteiger partial charge is 0 e. The molecule has 0 aromatic carbocycles. The fourth-order valence-electron chi connectivity index (χ4n) is 0. The average Bonchev–Trinajstić information content (AvgIpc) is 0.722. The molecule has 0 aliphatic heterocycles. The van der Waals surface area contributed by atoms with Gasteiger partial charge in [0.1, 0.15) is 0 Å². The smallest absolute Gasteiger partial charge is 0 e. The van der Waals surface area contributed by atoms with E-state index in [0.29, 0.717) is 0 Å². The van der Waals surface area contributed by atoms with Gasteiger partial charge in [-0.3, -0.25) is 9.11 Å². The summed E-state index contributed by atoms with van der Waals surface area (Å²) in [6, 6.07) is 0. The van der Waals surface area contributed by atoms with E-state index in [4.69, 9.17) is 17.5 Å². The predicted octanol–water partition coefficient (Wildman–Crippen LogP) is -1.42. The molecule has 2 radical (unpaired) electrons. The van der Waals surface area contributed by atoms with Crippen LogP contribution in [0.3, 0.4) is 0 Å². The van der Waals surface area contributed by atoms with Crippen LogP contribution in [0.5, 0.6) is 0 Å². The Morgan fingerprint density at radius 2 is 1.14 bits per heavy atom. The number of hydrogen-bond acceptors (Lipinski definition) is 2. The predicted molar refractivity (Wildman–Crippen MR) is 22.0 cm³/mol. The Bertz CT molecular complexity index is 91.2. The molecule has 0 aromatic heterocycles. The summed E-state index contributed by atoms with van der Waals surface area (Å²) in [6.07, 6.45) is 0. The fraction of sp³-hybridized carbons (Fsp3) is 0. The molecule has 7 heteroatoms. The van der Waals surface area contributed by atoms with Gasteiger partial charge in [-0.05, 0) is 0 Å². The standard InChI is InChI=1S/Na.H2O4S.O.H/c;1-5(2,3)4;;/h;(H2,1,2,3,4);;. The van der Waals surface area contributed by atoms with Gasteiger partial charge in [0.05, 0.1) is 0 Å². The third kappa shape index (κ3) is 231. The summed E-state index contributed by atoms with van der Waals surface area (Å²) in [4.78, 5) is 0. The fourth-order valence-corrected chi connectivity index (χ4v) is 0. The van der Waals surface area contributed by atoms with Crippen molar-refractivity contribution < 1.29 is 23.0 Å². The molecule has 5 nitrogen and oxygen atoms in total. The minimum absolute atomic E-state index is 0. The molecule has 0 bridgehead atoms. The molecule has 0 aliphatic carbocycles. The monoisotopic (exact) mass is 138 g/mol. The van der Waals surface area contributed by atoms with Crippen molar-refractivity contribution in [2.75, 3.05) is 0 Å². The van der Waals surface area contributed by atoms with Gasteiger partial charge in [0.15, 0.2) is 0 Å². The van der Waals surface area contributed by atoms with Crippen LogP contribution in [0.15, 0.2) is 0 Å². The molecule has 40 valence electrons. The molecule has 0 atom stereocenters. The third-order valence-corrected chi connectivity index (χ3v) is 0. The zero-order chi connectivity index (χ0) is 4.50. The van der Waals surface area contributed by atoms with Crippen molar-refractivity contribution in [3.05, 3.63) is 0 Å². The van der Waals surface area contributed by atoms with Crippen LogP contribution in [-0.4, -0.2) is 47.1 Å². The van der Waals surface area contributed by atoms with Gasteiger partial charge in [0, 0.05) is 5.48 Å². The van der Waals surface area contributed by atoms with Crippen molar-refractivity contribution in [3.63, 3.8) is 0 Å². The Kier molecular flexibility index (Phi) is 11.1. The summed E-state index contributed by atoms with van der Waals surface area (Å²) >= 11 is 0. The van der Waals surface area contributed by atoms with Gasteiger partial charge in [0.25, 0.3) is 0 Å². The van der Waals surface area contributed by atoms with Crippen LogP contribution in [0.25, 0.3) is 0 Å². The van der Waals surface area contributed by atoms with Gasteiger partial charge < -0.3 is 0 Å². The molecule has 0 fully saturated rings. The Labute approximate surface area is 62.9 Å². The van der Waals surface area contributed by atoms with Crippen LogP contribution < -0.4 is 0 Å². The molecule has 0 heterocycles. The molecule has 0 aromatic rings. The Morgan fingerprint density at radius 1 is 1.14 bits per heavy atom. The molecule has 0 saturated carbocycles. The van der Waals surface area contributed by atoms with Crippen molar-refractivity contribution >= 4 is 40.0 Å². The SMILES string of the molecule is O=S(=O)(O)O.[NaH].[O]. The topological polar surface area (TPSA) is 103 Å². The normalized spacial score (nSPS) is 8.29. The molecule has 0 aliphatic rings. The van der Waals surface area contributed by atoms with Crippen molar-refractivity contribution in [1.29, 1.82) is 0 Å². The molecule has 0 unspecified atom stereocenters. The first-order chi connectivity index (χ1) is 2.00. The molecular weight excluding hydrogens is 135 g/mol. The molecule has 0 amide bonds. The molecule has 7 heavy (non-hydrogen) atoms. The Balaban J connectivity index is -0.0000000800. The van der Waals surface area contributed by atoms with Crippen molar-refractivity contribution in [2.45, 2.75) is 0 Å². The molecule has 2 N–H and O–H groups in total. The van der Waals surface area contributed by atoms with E-state index in [0.717, 1.165) is 0 Å². The van der Waals surface area contributed by atoms with Crippen LogP contribution in [0.2, 0.25) is 0 Å². The summed E-state index contributed by atoms with van der Waals surface area (Å²) in [5, 5.41) is 0. The summed E-state index contributed by atoms with van der Waals surface area (Å²) in [7, 11) is -4.67. The average molecular weight is 138 g/mol. The summed E-state index contributed by atoms with van der Waals surface area (Å²) < 4.78 is 31.6. The van der Waals surface area contributed by atoms with Gasteiger partial charge in [0.2, 0.25) is 0 Å². The van der Waals surface area contributed by atoms with Gasteiger partial charge in [-0.1, -0.05) is 0 Å². The first-order valence-electron chi connectivity index (χ1n) is 0.698. The summed E-state index contributed by atoms with van der Waals surface area (Å²) in [6.45, 7) is 0. The van der Waals surface area contributed by atoms with Crippen LogP contribution in [0, 0.1) is 0 Å². The second kappa shape index (κ2) is 4.98. The van der Waals surface area contributed by atoms with E-state index in [1.807, 2.05) is 0 Å². The molecular formula is H3NaO5S. The maximum Gasteiger partial charge on any atom is 0 e. The first-order valence-corrected chi connectivity index (χ1v) is 2.10. The zero-order valence-electron chi connectivity index (χ0n) is 2.53. The van der Waals surface area contributed by atoms with Crippen molar-refractivity contribution in [3.8, 4) is 0 Å². The molecule has 0 rings (SSSR count). The minimum atomic E-state index is -4.67. The van der Waals surface area contributed by atoms with E-state index in [1.54, 1.807) is 0 Å². The zero-order valence-corrected chi connectivity index (χ0v) is 3.34. The van der Waals surface area contributed by atoms with E-state index in [1.165, 1.54) is 0 Å². The van der Waals surface area contributed by atoms with E-state index in [9.17, 15) is 0 Å². The van der Waals surface area contributed by atoms with Crippen LogP contribution in [0.4, 0.5) is 0 Å². The quantitative estimate of drug-likeness (QED) is 0.316. The Morgan fingerprint density at radius 3 is 1.14 bits per heavy atom. The van der Waals surface area contributed by atoms with Gasteiger partial charge in [-0.15, -0.1) is 0 Å². The Hall–Kier alpha value is 0.830. The molecule has 0 spiro atoms.